The lowest BCUT2D eigenvalue weighted by atomic mass is 9.95. The Hall–Kier alpha value is -3.21. The predicted molar refractivity (Wildman–Crippen MR) is 110 cm³/mol. The molecule has 0 bridgehead atoms. The number of hydrogen-bond donors (Lipinski definition) is 1. The standard InChI is InChI=1S/C23H22N4O/c1-15-5-4-8-20-21(15)26-22(25-20)16-10-13-27(14-11-16)23(28)18-9-12-24-19-7-3-2-6-17(18)19/h2-9,12,16H,10-11,13-14H2,1H3,(H,25,26). The van der Waals surface area contributed by atoms with Gasteiger partial charge in [-0.1, -0.05) is 30.3 Å². The summed E-state index contributed by atoms with van der Waals surface area (Å²) in [5.74, 6) is 1.51. The second-order valence-electron chi connectivity index (χ2n) is 7.54. The number of carbonyl (C=O) groups is 1. The van der Waals surface area contributed by atoms with E-state index in [-0.39, 0.29) is 5.91 Å². The van der Waals surface area contributed by atoms with Gasteiger partial charge in [-0.25, -0.2) is 4.98 Å². The van der Waals surface area contributed by atoms with E-state index in [1.165, 1.54) is 5.56 Å². The molecule has 0 radical (unpaired) electrons. The van der Waals surface area contributed by atoms with Crippen molar-refractivity contribution in [3.63, 3.8) is 0 Å². The van der Waals surface area contributed by atoms with Crippen LogP contribution >= 0.6 is 0 Å². The first-order valence-electron chi connectivity index (χ1n) is 9.79. The number of para-hydroxylation sites is 2. The summed E-state index contributed by atoms with van der Waals surface area (Å²) in [5.41, 5.74) is 4.94. The molecule has 5 rings (SSSR count). The normalized spacial score (nSPS) is 15.4. The molecular formula is C23H22N4O. The maximum absolute atomic E-state index is 13.1. The number of nitrogens with one attached hydrogen (secondary N) is 1. The molecule has 2 aromatic heterocycles. The summed E-state index contributed by atoms with van der Waals surface area (Å²) < 4.78 is 0. The summed E-state index contributed by atoms with van der Waals surface area (Å²) in [7, 11) is 0. The van der Waals surface area contributed by atoms with Gasteiger partial charge in [0.25, 0.3) is 5.91 Å². The molecule has 0 spiro atoms. The van der Waals surface area contributed by atoms with Gasteiger partial charge in [-0.2, -0.15) is 0 Å². The number of rotatable bonds is 2. The topological polar surface area (TPSA) is 61.9 Å². The highest BCUT2D eigenvalue weighted by molar-refractivity contribution is 6.06. The third kappa shape index (κ3) is 2.83. The maximum atomic E-state index is 13.1. The van der Waals surface area contributed by atoms with Crippen molar-refractivity contribution >= 4 is 27.8 Å². The lowest BCUT2D eigenvalue weighted by molar-refractivity contribution is 0.0713. The Bertz CT molecular complexity index is 1170. The molecular weight excluding hydrogens is 348 g/mol. The van der Waals surface area contributed by atoms with Crippen LogP contribution in [0.1, 0.15) is 40.5 Å². The number of likely N-dealkylation sites (tertiary alicyclic amines) is 1. The van der Waals surface area contributed by atoms with E-state index in [1.54, 1.807) is 6.20 Å². The molecule has 0 saturated carbocycles. The molecule has 0 unspecified atom stereocenters. The van der Waals surface area contributed by atoms with Crippen molar-refractivity contribution in [1.29, 1.82) is 0 Å². The fourth-order valence-corrected chi connectivity index (χ4v) is 4.20. The van der Waals surface area contributed by atoms with Gasteiger partial charge < -0.3 is 9.88 Å². The molecule has 140 valence electrons. The maximum Gasteiger partial charge on any atom is 0.254 e. The lowest BCUT2D eigenvalue weighted by Gasteiger charge is -2.31. The molecule has 0 atom stereocenters. The van der Waals surface area contributed by atoms with Gasteiger partial charge in [0.05, 0.1) is 22.1 Å². The summed E-state index contributed by atoms with van der Waals surface area (Å²) in [6, 6.07) is 15.9. The zero-order chi connectivity index (χ0) is 19.1. The third-order valence-electron chi connectivity index (χ3n) is 5.78. The first-order chi connectivity index (χ1) is 13.7. The minimum atomic E-state index is 0.0949. The van der Waals surface area contributed by atoms with Crippen LogP contribution in [0, 0.1) is 6.92 Å². The molecule has 4 aromatic rings. The minimum absolute atomic E-state index is 0.0949. The minimum Gasteiger partial charge on any atom is -0.342 e. The Morgan fingerprint density at radius 3 is 2.71 bits per heavy atom. The molecule has 5 heteroatoms. The second kappa shape index (κ2) is 6.75. The van der Waals surface area contributed by atoms with Gasteiger partial charge in [0, 0.05) is 30.6 Å². The van der Waals surface area contributed by atoms with Crippen LogP contribution in [0.4, 0.5) is 0 Å². The van der Waals surface area contributed by atoms with Crippen LogP contribution < -0.4 is 0 Å². The number of aromatic nitrogens is 3. The first kappa shape index (κ1) is 16.9. The quantitative estimate of drug-likeness (QED) is 0.567. The zero-order valence-electron chi connectivity index (χ0n) is 15.9. The highest BCUT2D eigenvalue weighted by Gasteiger charge is 2.27. The Morgan fingerprint density at radius 1 is 1.07 bits per heavy atom. The van der Waals surface area contributed by atoms with E-state index in [2.05, 4.69) is 35.1 Å². The van der Waals surface area contributed by atoms with Crippen LogP contribution in [0.15, 0.2) is 54.7 Å². The van der Waals surface area contributed by atoms with Crippen LogP contribution in [0.2, 0.25) is 0 Å². The zero-order valence-corrected chi connectivity index (χ0v) is 15.9. The van der Waals surface area contributed by atoms with Crippen molar-refractivity contribution < 1.29 is 4.79 Å². The van der Waals surface area contributed by atoms with Gasteiger partial charge >= 0.3 is 0 Å². The van der Waals surface area contributed by atoms with Gasteiger partial charge in [0.15, 0.2) is 0 Å². The van der Waals surface area contributed by atoms with Gasteiger partial charge in [0.2, 0.25) is 0 Å². The molecule has 1 aliphatic rings. The Labute approximate surface area is 163 Å². The number of aryl methyl sites for hydroxylation is 1. The predicted octanol–water partition coefficient (Wildman–Crippen LogP) is 4.44. The molecule has 1 N–H and O–H groups in total. The number of amides is 1. The van der Waals surface area contributed by atoms with Gasteiger partial charge in [-0.3, -0.25) is 9.78 Å². The Kier molecular flexibility index (Phi) is 4.08. The van der Waals surface area contributed by atoms with Crippen molar-refractivity contribution in [3.05, 3.63) is 71.7 Å². The molecule has 1 saturated heterocycles. The molecule has 28 heavy (non-hydrogen) atoms. The molecule has 1 amide bonds. The largest absolute Gasteiger partial charge is 0.342 e. The van der Waals surface area contributed by atoms with Gasteiger partial charge in [-0.15, -0.1) is 0 Å². The van der Waals surface area contributed by atoms with E-state index in [4.69, 9.17) is 4.98 Å². The Balaban J connectivity index is 1.35. The number of imidazole rings is 1. The average molecular weight is 370 g/mol. The van der Waals surface area contributed by atoms with Crippen molar-refractivity contribution in [2.75, 3.05) is 13.1 Å². The number of piperidine rings is 1. The second-order valence-corrected chi connectivity index (χ2v) is 7.54. The molecule has 1 fully saturated rings. The highest BCUT2D eigenvalue weighted by atomic mass is 16.2. The van der Waals surface area contributed by atoms with E-state index in [1.807, 2.05) is 35.2 Å². The highest BCUT2D eigenvalue weighted by Crippen LogP contribution is 2.29. The number of benzene rings is 2. The summed E-state index contributed by atoms with van der Waals surface area (Å²) in [5, 5.41) is 0.921. The number of hydrogen-bond acceptors (Lipinski definition) is 3. The van der Waals surface area contributed by atoms with E-state index in [9.17, 15) is 4.79 Å². The molecule has 0 aliphatic carbocycles. The van der Waals surface area contributed by atoms with Crippen molar-refractivity contribution in [3.8, 4) is 0 Å². The fourth-order valence-electron chi connectivity index (χ4n) is 4.20. The summed E-state index contributed by atoms with van der Waals surface area (Å²) in [6.07, 6.45) is 3.57. The fraction of sp³-hybridized carbons (Fsp3) is 0.261. The van der Waals surface area contributed by atoms with Crippen LogP contribution in [0.25, 0.3) is 21.9 Å². The summed E-state index contributed by atoms with van der Waals surface area (Å²) in [6.45, 7) is 3.58. The van der Waals surface area contributed by atoms with E-state index in [0.717, 1.165) is 59.3 Å². The van der Waals surface area contributed by atoms with Gasteiger partial charge in [-0.05, 0) is 43.5 Å². The molecule has 5 nitrogen and oxygen atoms in total. The number of H-pyrrole nitrogens is 1. The molecule has 3 heterocycles. The van der Waals surface area contributed by atoms with Crippen molar-refractivity contribution in [1.82, 2.24) is 19.9 Å². The number of fused-ring (bicyclic) bond motifs is 2. The monoisotopic (exact) mass is 370 g/mol. The third-order valence-corrected chi connectivity index (χ3v) is 5.78. The van der Waals surface area contributed by atoms with Gasteiger partial charge in [0.1, 0.15) is 5.82 Å². The number of carbonyl (C=O) groups excluding carboxylic acids is 1. The van der Waals surface area contributed by atoms with E-state index in [0.29, 0.717) is 5.92 Å². The smallest absolute Gasteiger partial charge is 0.254 e. The number of pyridine rings is 1. The van der Waals surface area contributed by atoms with Crippen LogP contribution in [-0.4, -0.2) is 38.8 Å². The first-order valence-corrected chi connectivity index (χ1v) is 9.79. The average Bonchev–Trinajstić information content (AvgIpc) is 3.19. The lowest BCUT2D eigenvalue weighted by Crippen LogP contribution is -2.38. The van der Waals surface area contributed by atoms with Crippen LogP contribution in [-0.2, 0) is 0 Å². The number of aromatic amines is 1. The Morgan fingerprint density at radius 2 is 1.89 bits per heavy atom. The van der Waals surface area contributed by atoms with Crippen molar-refractivity contribution in [2.45, 2.75) is 25.7 Å². The SMILES string of the molecule is Cc1cccc2[nH]c(C3CCN(C(=O)c4ccnc5ccccc45)CC3)nc12. The molecule has 2 aromatic carbocycles. The summed E-state index contributed by atoms with van der Waals surface area (Å²) in [4.78, 5) is 27.8. The van der Waals surface area contributed by atoms with Crippen molar-refractivity contribution in [2.24, 2.45) is 0 Å². The van der Waals surface area contributed by atoms with E-state index < -0.39 is 0 Å². The van der Waals surface area contributed by atoms with Crippen LogP contribution in [0.5, 0.6) is 0 Å². The summed E-state index contributed by atoms with van der Waals surface area (Å²) >= 11 is 0. The van der Waals surface area contributed by atoms with Crippen LogP contribution in [0.3, 0.4) is 0 Å². The number of nitrogens with zero attached hydrogens (tertiary/aromatic N) is 3. The molecule has 1 aliphatic heterocycles. The van der Waals surface area contributed by atoms with E-state index >= 15 is 0 Å².